The quantitative estimate of drug-likeness (QED) is 0.356. The van der Waals surface area contributed by atoms with Gasteiger partial charge in [-0.05, 0) is 60.5 Å². The molecule has 0 spiro atoms. The summed E-state index contributed by atoms with van der Waals surface area (Å²) < 4.78 is 38.6. The molecule has 0 atom stereocenters. The van der Waals surface area contributed by atoms with Crippen molar-refractivity contribution in [1.29, 1.82) is 0 Å². The van der Waals surface area contributed by atoms with Crippen molar-refractivity contribution in [2.75, 3.05) is 15.5 Å². The van der Waals surface area contributed by atoms with Crippen LogP contribution in [0.5, 0.6) is 0 Å². The van der Waals surface area contributed by atoms with E-state index < -0.39 is 29.5 Å². The zero-order chi connectivity index (χ0) is 26.9. The number of imide groups is 1. The lowest BCUT2D eigenvalue weighted by atomic mass is 10.1. The number of nitrogens with zero attached hydrogens (tertiary/aromatic N) is 1. The highest BCUT2D eigenvalue weighted by Crippen LogP contribution is 2.34. The number of amides is 3. The van der Waals surface area contributed by atoms with Gasteiger partial charge in [-0.3, -0.25) is 14.4 Å². The fourth-order valence-corrected chi connectivity index (χ4v) is 4.06. The Morgan fingerprint density at radius 2 is 1.59 bits per heavy atom. The number of hydrogen-bond donors (Lipinski definition) is 2. The van der Waals surface area contributed by atoms with E-state index in [9.17, 15) is 27.6 Å². The molecule has 0 bridgehead atoms. The van der Waals surface area contributed by atoms with Gasteiger partial charge in [-0.15, -0.1) is 0 Å². The number of hydrogen-bond acceptors (Lipinski definition) is 4. The first-order chi connectivity index (χ1) is 17.5. The van der Waals surface area contributed by atoms with Crippen LogP contribution in [0.2, 0.25) is 5.02 Å². The van der Waals surface area contributed by atoms with Crippen molar-refractivity contribution in [3.8, 4) is 0 Å². The van der Waals surface area contributed by atoms with Crippen LogP contribution < -0.4 is 15.5 Å². The first-order valence-corrected chi connectivity index (χ1v) is 11.6. The Labute approximate surface area is 219 Å². The molecule has 1 aliphatic heterocycles. The van der Waals surface area contributed by atoms with Gasteiger partial charge in [-0.1, -0.05) is 47.5 Å². The van der Waals surface area contributed by atoms with Crippen LogP contribution >= 0.6 is 23.2 Å². The fourth-order valence-electron chi connectivity index (χ4n) is 3.68. The summed E-state index contributed by atoms with van der Waals surface area (Å²) in [7, 11) is 0. The topological polar surface area (TPSA) is 78.5 Å². The van der Waals surface area contributed by atoms with Gasteiger partial charge in [0.05, 0.1) is 17.7 Å². The van der Waals surface area contributed by atoms with Gasteiger partial charge in [-0.25, -0.2) is 4.90 Å². The number of anilines is 3. The van der Waals surface area contributed by atoms with Gasteiger partial charge >= 0.3 is 6.18 Å². The van der Waals surface area contributed by atoms with Gasteiger partial charge in [-0.2, -0.15) is 13.2 Å². The molecule has 0 aromatic heterocycles. The molecule has 11 heteroatoms. The molecular formula is C26H18Cl2F3N3O3. The molecular weight excluding hydrogens is 530 g/mol. The molecule has 0 saturated heterocycles. The lowest BCUT2D eigenvalue weighted by molar-refractivity contribution is -0.137. The fraction of sp³-hybridized carbons (Fsp3) is 0.115. The Hall–Kier alpha value is -3.82. The number of benzene rings is 3. The summed E-state index contributed by atoms with van der Waals surface area (Å²) >= 11 is 12.3. The van der Waals surface area contributed by atoms with E-state index in [1.165, 1.54) is 12.1 Å². The Bertz CT molecular complexity index is 1440. The Kier molecular flexibility index (Phi) is 7.29. The number of carbonyl (C=O) groups excluding carboxylic acids is 3. The van der Waals surface area contributed by atoms with Crippen molar-refractivity contribution in [1.82, 2.24) is 0 Å². The highest BCUT2D eigenvalue weighted by Gasteiger charge is 2.39. The van der Waals surface area contributed by atoms with Crippen LogP contribution in [0.25, 0.3) is 0 Å². The summed E-state index contributed by atoms with van der Waals surface area (Å²) in [6.07, 6.45) is -4.61. The van der Waals surface area contributed by atoms with E-state index in [2.05, 4.69) is 10.6 Å². The van der Waals surface area contributed by atoms with Gasteiger partial charge in [0.15, 0.2) is 0 Å². The summed E-state index contributed by atoms with van der Waals surface area (Å²) in [4.78, 5) is 39.0. The standard InChI is InChI=1S/C26H18Cl2F3N3O3/c1-14-19(27)6-3-7-20(14)34-24(36)22(28)23(25(34)37)33-17-10-8-15(9-11-17)12-21(35)32-18-5-2-4-16(13-18)26(29,30)31/h2-11,13,33H,12H2,1H3,(H,32,35). The van der Waals surface area contributed by atoms with Gasteiger partial charge in [0.2, 0.25) is 5.91 Å². The number of alkyl halides is 3. The van der Waals surface area contributed by atoms with Crippen LogP contribution in [0.4, 0.5) is 30.2 Å². The molecule has 0 fully saturated rings. The Morgan fingerprint density at radius 3 is 2.27 bits per heavy atom. The molecule has 4 rings (SSSR count). The summed E-state index contributed by atoms with van der Waals surface area (Å²) in [5, 5.41) is 5.39. The number of nitrogens with one attached hydrogen (secondary N) is 2. The van der Waals surface area contributed by atoms with Crippen LogP contribution in [-0.2, 0) is 27.0 Å². The van der Waals surface area contributed by atoms with Crippen molar-refractivity contribution in [3.05, 3.63) is 99.2 Å². The lowest BCUT2D eigenvalue weighted by Crippen LogP contribution is -2.32. The van der Waals surface area contributed by atoms with E-state index in [1.807, 2.05) is 0 Å². The van der Waals surface area contributed by atoms with E-state index in [0.717, 1.165) is 17.0 Å². The third kappa shape index (κ3) is 5.63. The van der Waals surface area contributed by atoms with Crippen molar-refractivity contribution in [2.45, 2.75) is 19.5 Å². The van der Waals surface area contributed by atoms with Gasteiger partial charge in [0.1, 0.15) is 10.7 Å². The second-order valence-corrected chi connectivity index (χ2v) is 8.93. The maximum absolute atomic E-state index is 13.0. The number of carbonyl (C=O) groups is 3. The van der Waals surface area contributed by atoms with E-state index in [4.69, 9.17) is 23.2 Å². The molecule has 0 saturated carbocycles. The van der Waals surface area contributed by atoms with Crippen molar-refractivity contribution >= 4 is 58.0 Å². The molecule has 0 unspecified atom stereocenters. The SMILES string of the molecule is Cc1c(Cl)cccc1N1C(=O)C(Cl)=C(Nc2ccc(CC(=O)Nc3cccc(C(F)(F)F)c3)cc2)C1=O. The van der Waals surface area contributed by atoms with Crippen LogP contribution in [0.15, 0.2) is 77.5 Å². The summed E-state index contributed by atoms with van der Waals surface area (Å²) in [5.74, 6) is -1.85. The molecule has 3 amide bonds. The van der Waals surface area contributed by atoms with Crippen LogP contribution in [-0.4, -0.2) is 17.7 Å². The van der Waals surface area contributed by atoms with E-state index in [0.29, 0.717) is 27.5 Å². The monoisotopic (exact) mass is 547 g/mol. The van der Waals surface area contributed by atoms with Crippen molar-refractivity contribution in [2.24, 2.45) is 0 Å². The molecule has 190 valence electrons. The molecule has 6 nitrogen and oxygen atoms in total. The van der Waals surface area contributed by atoms with Crippen LogP contribution in [0.3, 0.4) is 0 Å². The van der Waals surface area contributed by atoms with Crippen LogP contribution in [0.1, 0.15) is 16.7 Å². The van der Waals surface area contributed by atoms with E-state index >= 15 is 0 Å². The van der Waals surface area contributed by atoms with E-state index in [-0.39, 0.29) is 22.8 Å². The minimum atomic E-state index is -4.52. The summed E-state index contributed by atoms with van der Waals surface area (Å²) in [6.45, 7) is 1.68. The van der Waals surface area contributed by atoms with Crippen LogP contribution in [0, 0.1) is 6.92 Å². The summed E-state index contributed by atoms with van der Waals surface area (Å²) in [5.41, 5.74) is 0.924. The first kappa shape index (κ1) is 26.2. The maximum Gasteiger partial charge on any atom is 0.416 e. The predicted octanol–water partition coefficient (Wildman–Crippen LogP) is 6.28. The average Bonchev–Trinajstić information content (AvgIpc) is 3.05. The smallest absolute Gasteiger partial charge is 0.350 e. The zero-order valence-corrected chi connectivity index (χ0v) is 20.6. The molecule has 0 radical (unpaired) electrons. The largest absolute Gasteiger partial charge is 0.416 e. The zero-order valence-electron chi connectivity index (χ0n) is 19.1. The van der Waals surface area contributed by atoms with Gasteiger partial charge in [0.25, 0.3) is 11.8 Å². The molecule has 3 aromatic rings. The third-order valence-electron chi connectivity index (χ3n) is 5.57. The second-order valence-electron chi connectivity index (χ2n) is 8.14. The van der Waals surface area contributed by atoms with Crippen molar-refractivity contribution < 1.29 is 27.6 Å². The summed E-state index contributed by atoms with van der Waals surface area (Å²) in [6, 6.07) is 15.6. The van der Waals surface area contributed by atoms with E-state index in [1.54, 1.807) is 49.4 Å². The third-order valence-corrected chi connectivity index (χ3v) is 6.33. The Balaban J connectivity index is 1.42. The van der Waals surface area contributed by atoms with Crippen molar-refractivity contribution in [3.63, 3.8) is 0 Å². The van der Waals surface area contributed by atoms with Gasteiger partial charge in [0, 0.05) is 16.4 Å². The molecule has 3 aromatic carbocycles. The lowest BCUT2D eigenvalue weighted by Gasteiger charge is -2.18. The maximum atomic E-state index is 13.0. The van der Waals surface area contributed by atoms with Gasteiger partial charge < -0.3 is 10.6 Å². The molecule has 1 aliphatic rings. The molecule has 2 N–H and O–H groups in total. The first-order valence-electron chi connectivity index (χ1n) is 10.8. The molecule has 1 heterocycles. The minimum absolute atomic E-state index is 0.0311. The predicted molar refractivity (Wildman–Crippen MR) is 135 cm³/mol. The molecule has 0 aliphatic carbocycles. The average molecular weight is 548 g/mol. The number of halogens is 5. The minimum Gasteiger partial charge on any atom is -0.350 e. The highest BCUT2D eigenvalue weighted by molar-refractivity contribution is 6.53. The molecule has 37 heavy (non-hydrogen) atoms. The Morgan fingerprint density at radius 1 is 0.919 bits per heavy atom. The normalized spacial score (nSPS) is 13.8. The highest BCUT2D eigenvalue weighted by atomic mass is 35.5. The second kappa shape index (κ2) is 10.3. The number of rotatable bonds is 6.